The van der Waals surface area contributed by atoms with Crippen molar-refractivity contribution in [3.8, 4) is 0 Å². The fraction of sp³-hybridized carbons (Fsp3) is 0.385. The fourth-order valence-corrected chi connectivity index (χ4v) is 2.01. The molecule has 1 aromatic heterocycles. The number of nitrogens with zero attached hydrogens (tertiary/aromatic N) is 2. The molecule has 5 nitrogen and oxygen atoms in total. The number of aromatic nitrogens is 2. The van der Waals surface area contributed by atoms with Crippen molar-refractivity contribution in [1.82, 2.24) is 14.9 Å². The second-order valence-corrected chi connectivity index (χ2v) is 4.58. The van der Waals surface area contributed by atoms with Crippen molar-refractivity contribution in [1.29, 1.82) is 0 Å². The lowest BCUT2D eigenvalue weighted by Gasteiger charge is -2.11. The van der Waals surface area contributed by atoms with E-state index in [1.807, 2.05) is 6.92 Å². The van der Waals surface area contributed by atoms with E-state index in [2.05, 4.69) is 10.3 Å². The minimum absolute atomic E-state index is 0.0492. The Hall–Kier alpha value is -2.25. The molecule has 0 atom stereocenters. The van der Waals surface area contributed by atoms with E-state index in [0.29, 0.717) is 13.0 Å². The standard InChI is InChI=1S/C13H15F3N4O/c1-2-6-18-10(21)7-20-9-5-3-4-8(17)11(9)19-12(20)13(14,15)16/h3-5H,2,6-7,17H2,1H3,(H,18,21). The van der Waals surface area contributed by atoms with E-state index in [-0.39, 0.29) is 16.7 Å². The molecule has 0 saturated carbocycles. The first-order valence-corrected chi connectivity index (χ1v) is 6.43. The van der Waals surface area contributed by atoms with E-state index < -0.39 is 24.5 Å². The number of carbonyl (C=O) groups is 1. The van der Waals surface area contributed by atoms with Gasteiger partial charge in [0.2, 0.25) is 11.7 Å². The quantitative estimate of drug-likeness (QED) is 0.850. The summed E-state index contributed by atoms with van der Waals surface area (Å²) >= 11 is 0. The summed E-state index contributed by atoms with van der Waals surface area (Å²) in [5.41, 5.74) is 6.03. The van der Waals surface area contributed by atoms with Crippen LogP contribution in [0.4, 0.5) is 18.9 Å². The third-order valence-corrected chi connectivity index (χ3v) is 2.94. The molecule has 0 unspecified atom stereocenters. The Bertz CT molecular complexity index is 663. The minimum atomic E-state index is -4.66. The summed E-state index contributed by atoms with van der Waals surface area (Å²) < 4.78 is 40.0. The van der Waals surface area contributed by atoms with Crippen LogP contribution in [0.15, 0.2) is 18.2 Å². The lowest BCUT2D eigenvalue weighted by molar-refractivity contribution is -0.147. The number of para-hydroxylation sites is 1. The molecule has 114 valence electrons. The van der Waals surface area contributed by atoms with Gasteiger partial charge in [0.05, 0.1) is 11.2 Å². The highest BCUT2D eigenvalue weighted by Crippen LogP contribution is 2.32. The van der Waals surface area contributed by atoms with Crippen LogP contribution in [0.5, 0.6) is 0 Å². The Morgan fingerprint density at radius 2 is 2.14 bits per heavy atom. The van der Waals surface area contributed by atoms with Gasteiger partial charge in [0.1, 0.15) is 12.1 Å². The summed E-state index contributed by atoms with van der Waals surface area (Å²) in [5, 5.41) is 2.54. The molecule has 1 amide bonds. The Balaban J connectivity index is 2.49. The van der Waals surface area contributed by atoms with Crippen molar-refractivity contribution in [3.63, 3.8) is 0 Å². The second-order valence-electron chi connectivity index (χ2n) is 4.58. The molecular formula is C13H15F3N4O. The normalized spacial score (nSPS) is 11.8. The molecule has 0 spiro atoms. The molecule has 0 radical (unpaired) electrons. The first-order chi connectivity index (χ1) is 9.84. The van der Waals surface area contributed by atoms with Crippen LogP contribution in [-0.4, -0.2) is 22.0 Å². The molecule has 0 fully saturated rings. The third kappa shape index (κ3) is 3.09. The zero-order valence-corrected chi connectivity index (χ0v) is 11.4. The summed E-state index contributed by atoms with van der Waals surface area (Å²) in [6.45, 7) is 1.82. The minimum Gasteiger partial charge on any atom is -0.397 e. The van der Waals surface area contributed by atoms with Crippen molar-refractivity contribution in [2.75, 3.05) is 12.3 Å². The summed E-state index contributed by atoms with van der Waals surface area (Å²) in [4.78, 5) is 15.3. The van der Waals surface area contributed by atoms with Crippen molar-refractivity contribution >= 4 is 22.6 Å². The number of hydrogen-bond acceptors (Lipinski definition) is 3. The Morgan fingerprint density at radius 1 is 1.43 bits per heavy atom. The maximum absolute atomic E-state index is 13.1. The summed E-state index contributed by atoms with van der Waals surface area (Å²) in [6.07, 6.45) is -3.95. The number of nitrogens with two attached hydrogens (primary N) is 1. The number of fused-ring (bicyclic) bond motifs is 1. The molecule has 1 heterocycles. The number of hydrogen-bond donors (Lipinski definition) is 2. The average Bonchev–Trinajstić information content (AvgIpc) is 2.77. The van der Waals surface area contributed by atoms with Gasteiger partial charge in [-0.2, -0.15) is 13.2 Å². The van der Waals surface area contributed by atoms with Gasteiger partial charge in [-0.15, -0.1) is 0 Å². The molecule has 2 rings (SSSR count). The molecule has 3 N–H and O–H groups in total. The van der Waals surface area contributed by atoms with Crippen LogP contribution in [0.3, 0.4) is 0 Å². The molecule has 0 aliphatic carbocycles. The first kappa shape index (κ1) is 15.1. The fourth-order valence-electron chi connectivity index (χ4n) is 2.01. The number of imidazole rings is 1. The number of alkyl halides is 3. The van der Waals surface area contributed by atoms with Crippen molar-refractivity contribution < 1.29 is 18.0 Å². The zero-order valence-electron chi connectivity index (χ0n) is 11.4. The predicted octanol–water partition coefficient (Wildman–Crippen LogP) is 2.16. The smallest absolute Gasteiger partial charge is 0.397 e. The van der Waals surface area contributed by atoms with E-state index in [9.17, 15) is 18.0 Å². The zero-order chi connectivity index (χ0) is 15.6. The van der Waals surface area contributed by atoms with Crippen LogP contribution in [0, 0.1) is 0 Å². The van der Waals surface area contributed by atoms with Gasteiger partial charge in [0.15, 0.2) is 0 Å². The summed E-state index contributed by atoms with van der Waals surface area (Å²) in [5.74, 6) is -1.62. The Kier molecular flexibility index (Phi) is 4.06. The number of benzene rings is 1. The van der Waals surface area contributed by atoms with Gasteiger partial charge in [0.25, 0.3) is 0 Å². The largest absolute Gasteiger partial charge is 0.449 e. The number of halogens is 3. The van der Waals surface area contributed by atoms with Crippen LogP contribution in [-0.2, 0) is 17.5 Å². The van der Waals surface area contributed by atoms with Crippen LogP contribution < -0.4 is 11.1 Å². The summed E-state index contributed by atoms with van der Waals surface area (Å²) in [7, 11) is 0. The van der Waals surface area contributed by atoms with E-state index >= 15 is 0 Å². The Morgan fingerprint density at radius 3 is 2.76 bits per heavy atom. The molecule has 0 aliphatic rings. The monoisotopic (exact) mass is 300 g/mol. The average molecular weight is 300 g/mol. The van der Waals surface area contributed by atoms with Crippen LogP contribution in [0.2, 0.25) is 0 Å². The number of carbonyl (C=O) groups excluding carboxylic acids is 1. The summed E-state index contributed by atoms with van der Waals surface area (Å²) in [6, 6.07) is 4.46. The third-order valence-electron chi connectivity index (χ3n) is 2.94. The van der Waals surface area contributed by atoms with Gasteiger partial charge in [-0.25, -0.2) is 4.98 Å². The van der Waals surface area contributed by atoms with E-state index in [4.69, 9.17) is 5.73 Å². The van der Waals surface area contributed by atoms with Gasteiger partial charge in [-0.1, -0.05) is 13.0 Å². The maximum atomic E-state index is 13.1. The number of nitrogen functional groups attached to an aromatic ring is 1. The highest BCUT2D eigenvalue weighted by molar-refractivity contribution is 5.89. The number of nitrogens with one attached hydrogen (secondary N) is 1. The highest BCUT2D eigenvalue weighted by Gasteiger charge is 2.38. The van der Waals surface area contributed by atoms with Crippen molar-refractivity contribution in [2.24, 2.45) is 0 Å². The van der Waals surface area contributed by atoms with E-state index in [1.165, 1.54) is 18.2 Å². The molecule has 8 heteroatoms. The predicted molar refractivity (Wildman–Crippen MR) is 72.4 cm³/mol. The number of rotatable bonds is 4. The Labute approximate surface area is 118 Å². The van der Waals surface area contributed by atoms with Crippen molar-refractivity contribution in [3.05, 3.63) is 24.0 Å². The van der Waals surface area contributed by atoms with Crippen LogP contribution in [0.1, 0.15) is 19.2 Å². The van der Waals surface area contributed by atoms with Crippen LogP contribution >= 0.6 is 0 Å². The van der Waals surface area contributed by atoms with Gasteiger partial charge in [0, 0.05) is 6.54 Å². The molecule has 1 aromatic carbocycles. The van der Waals surface area contributed by atoms with E-state index in [0.717, 1.165) is 4.57 Å². The molecule has 2 aromatic rings. The van der Waals surface area contributed by atoms with Crippen LogP contribution in [0.25, 0.3) is 11.0 Å². The molecular weight excluding hydrogens is 285 g/mol. The van der Waals surface area contributed by atoms with Crippen molar-refractivity contribution in [2.45, 2.75) is 26.1 Å². The molecule has 21 heavy (non-hydrogen) atoms. The number of amides is 1. The first-order valence-electron chi connectivity index (χ1n) is 6.43. The SMILES string of the molecule is CCCNC(=O)Cn1c(C(F)(F)F)nc2c(N)cccc21. The molecule has 0 aliphatic heterocycles. The van der Waals surface area contributed by atoms with Gasteiger partial charge in [-0.05, 0) is 18.6 Å². The molecule has 0 bridgehead atoms. The van der Waals surface area contributed by atoms with E-state index in [1.54, 1.807) is 0 Å². The second kappa shape index (κ2) is 5.63. The lowest BCUT2D eigenvalue weighted by atomic mass is 10.3. The van der Waals surface area contributed by atoms with Gasteiger partial charge in [-0.3, -0.25) is 4.79 Å². The number of anilines is 1. The van der Waals surface area contributed by atoms with Gasteiger partial charge >= 0.3 is 6.18 Å². The van der Waals surface area contributed by atoms with Gasteiger partial charge < -0.3 is 15.6 Å². The lowest BCUT2D eigenvalue weighted by Crippen LogP contribution is -2.29. The maximum Gasteiger partial charge on any atom is 0.449 e. The highest BCUT2D eigenvalue weighted by atomic mass is 19.4. The topological polar surface area (TPSA) is 72.9 Å². The molecule has 0 saturated heterocycles.